The van der Waals surface area contributed by atoms with Crippen molar-refractivity contribution in [3.8, 4) is 0 Å². The first-order valence-electron chi connectivity index (χ1n) is 1.70. The van der Waals surface area contributed by atoms with Crippen molar-refractivity contribution >= 4 is 35.8 Å². The monoisotopic (exact) mass is 221 g/mol. The minimum absolute atomic E-state index is 0.221. The van der Waals surface area contributed by atoms with E-state index in [0.29, 0.717) is 0 Å². The van der Waals surface area contributed by atoms with Gasteiger partial charge in [-0.15, -0.1) is 0 Å². The summed E-state index contributed by atoms with van der Waals surface area (Å²) in [5, 5.41) is 0. The molecule has 0 aliphatic carbocycles. The maximum absolute atomic E-state index is 10.2. The van der Waals surface area contributed by atoms with Crippen LogP contribution in [-0.2, 0) is 9.24 Å². The summed E-state index contributed by atoms with van der Waals surface area (Å²) in [6, 6.07) is 0. The summed E-state index contributed by atoms with van der Waals surface area (Å²) in [6.07, 6.45) is 0. The molecule has 50 valence electrons. The Morgan fingerprint density at radius 2 is 2.12 bits per heavy atom. The van der Waals surface area contributed by atoms with E-state index >= 15 is 0 Å². The molecule has 0 rings (SSSR count). The Bertz CT molecular complexity index is 155. The van der Waals surface area contributed by atoms with Gasteiger partial charge in [0.2, 0.25) is 0 Å². The molecule has 0 saturated heterocycles. The van der Waals surface area contributed by atoms with Crippen molar-refractivity contribution in [3.63, 3.8) is 0 Å². The van der Waals surface area contributed by atoms with Gasteiger partial charge >= 0.3 is 0 Å². The zero-order chi connectivity index (χ0) is 6.78. The van der Waals surface area contributed by atoms with Crippen LogP contribution in [-0.4, -0.2) is 25.2 Å². The van der Waals surface area contributed by atoms with Gasteiger partial charge in [0.15, 0.2) is 0 Å². The van der Waals surface area contributed by atoms with Crippen molar-refractivity contribution in [1.82, 2.24) is 4.31 Å². The summed E-state index contributed by atoms with van der Waals surface area (Å²) in [5.74, 6) is 0. The van der Waals surface area contributed by atoms with Crippen molar-refractivity contribution in [1.29, 1.82) is 0 Å². The molecule has 8 heavy (non-hydrogen) atoms. The van der Waals surface area contributed by atoms with Gasteiger partial charge in [-0.1, -0.05) is 15.9 Å². The maximum Gasteiger partial charge on any atom is 0.300 e. The minimum atomic E-state index is -3.49. The van der Waals surface area contributed by atoms with Gasteiger partial charge in [0.1, 0.15) is 0 Å². The van der Waals surface area contributed by atoms with E-state index < -0.39 is 9.24 Å². The molecule has 6 heteroatoms. The van der Waals surface area contributed by atoms with Crippen molar-refractivity contribution in [2.24, 2.45) is 0 Å². The van der Waals surface area contributed by atoms with Crippen LogP contribution in [0.3, 0.4) is 0 Å². The van der Waals surface area contributed by atoms with E-state index in [9.17, 15) is 8.42 Å². The van der Waals surface area contributed by atoms with Gasteiger partial charge in [-0.25, -0.2) is 0 Å². The predicted molar refractivity (Wildman–Crippen MR) is 36.3 cm³/mol. The lowest BCUT2D eigenvalue weighted by Gasteiger charge is -2.04. The minimum Gasteiger partial charge on any atom is -0.195 e. The highest BCUT2D eigenvalue weighted by Crippen LogP contribution is 2.03. The highest BCUT2D eigenvalue weighted by molar-refractivity contribution is 9.09. The Balaban J connectivity index is 4.04. The van der Waals surface area contributed by atoms with Crippen molar-refractivity contribution in [2.75, 3.05) is 12.5 Å². The zero-order valence-corrected chi connectivity index (χ0v) is 7.29. The molecule has 0 fully saturated rings. The molecule has 0 aromatic carbocycles. The Morgan fingerprint density at radius 1 is 1.75 bits per heavy atom. The molecule has 0 radical (unpaired) electrons. The lowest BCUT2D eigenvalue weighted by atomic mass is 11.3. The van der Waals surface area contributed by atoms with Crippen LogP contribution in [0, 0.1) is 0 Å². The van der Waals surface area contributed by atoms with Crippen LogP contribution >= 0.6 is 26.6 Å². The van der Waals surface area contributed by atoms with Gasteiger partial charge in [0.25, 0.3) is 9.24 Å². The quantitative estimate of drug-likeness (QED) is 0.393. The second kappa shape index (κ2) is 3.00. The van der Waals surface area contributed by atoms with Crippen molar-refractivity contribution in [2.45, 2.75) is 0 Å². The number of hydrogen-bond acceptors (Lipinski definition) is 2. The molecule has 0 unspecified atom stereocenters. The molecule has 0 saturated carbocycles. The van der Waals surface area contributed by atoms with E-state index in [-0.39, 0.29) is 5.45 Å². The van der Waals surface area contributed by atoms with Gasteiger partial charge in [-0.05, 0) is 0 Å². The highest BCUT2D eigenvalue weighted by atomic mass is 79.9. The third kappa shape index (κ3) is 2.86. The summed E-state index contributed by atoms with van der Waals surface area (Å²) in [6.45, 7) is 0. The molecule has 0 bridgehead atoms. The molecular weight excluding hydrogens is 217 g/mol. The Labute approximate surface area is 61.3 Å². The molecular formula is C2H5BrClNO2S. The Kier molecular flexibility index (Phi) is 3.26. The molecule has 0 heterocycles. The largest absolute Gasteiger partial charge is 0.300 e. The standard InChI is InChI=1S/C2H5BrClNO2S/c1-5(2-3)8(4,6)7/h2H2,1H3. The molecule has 0 aliphatic heterocycles. The number of alkyl halides is 1. The van der Waals surface area contributed by atoms with Crippen LogP contribution in [0.25, 0.3) is 0 Å². The second-order valence-electron chi connectivity index (χ2n) is 1.16. The predicted octanol–water partition coefficient (Wildman–Crippen LogP) is 0.754. The Morgan fingerprint density at radius 3 is 2.12 bits per heavy atom. The van der Waals surface area contributed by atoms with Gasteiger partial charge in [-0.3, -0.25) is 0 Å². The molecule has 0 amide bonds. The molecule has 0 spiro atoms. The molecule has 0 aromatic heterocycles. The summed E-state index contributed by atoms with van der Waals surface area (Å²) in [5.41, 5.74) is 0.221. The fraction of sp³-hybridized carbons (Fsp3) is 1.00. The first kappa shape index (κ1) is 8.68. The topological polar surface area (TPSA) is 37.4 Å². The van der Waals surface area contributed by atoms with Crippen LogP contribution < -0.4 is 0 Å². The van der Waals surface area contributed by atoms with Gasteiger partial charge in [0.05, 0.1) is 5.45 Å². The lowest BCUT2D eigenvalue weighted by Crippen LogP contribution is -2.19. The van der Waals surface area contributed by atoms with Gasteiger partial charge in [-0.2, -0.15) is 12.7 Å². The molecule has 3 nitrogen and oxygen atoms in total. The first-order valence-corrected chi connectivity index (χ1v) is 5.09. The third-order valence-corrected chi connectivity index (χ3v) is 3.21. The average Bonchev–Trinajstić information content (AvgIpc) is 1.62. The second-order valence-corrected chi connectivity index (χ2v) is 4.28. The fourth-order valence-corrected chi connectivity index (χ4v) is 1.48. The number of hydrogen-bond donors (Lipinski definition) is 0. The lowest BCUT2D eigenvalue weighted by molar-refractivity contribution is 0.531. The van der Waals surface area contributed by atoms with Crippen molar-refractivity contribution in [3.05, 3.63) is 0 Å². The zero-order valence-electron chi connectivity index (χ0n) is 4.13. The number of halogens is 2. The van der Waals surface area contributed by atoms with E-state index in [1.54, 1.807) is 0 Å². The van der Waals surface area contributed by atoms with Crippen molar-refractivity contribution < 1.29 is 8.42 Å². The van der Waals surface area contributed by atoms with Gasteiger partial charge < -0.3 is 0 Å². The SMILES string of the molecule is CN(CBr)S(=O)(=O)Cl. The van der Waals surface area contributed by atoms with Gasteiger partial charge in [0, 0.05) is 17.7 Å². The number of rotatable bonds is 2. The molecule has 0 atom stereocenters. The summed E-state index contributed by atoms with van der Waals surface area (Å²) in [4.78, 5) is 0. The Hall–Kier alpha value is 0.680. The van der Waals surface area contributed by atoms with Crippen LogP contribution in [0.2, 0.25) is 0 Å². The summed E-state index contributed by atoms with van der Waals surface area (Å²) < 4.78 is 21.4. The first-order chi connectivity index (χ1) is 3.48. The normalized spacial score (nSPS) is 12.5. The van der Waals surface area contributed by atoms with E-state index in [4.69, 9.17) is 10.7 Å². The molecule has 0 aliphatic rings. The van der Waals surface area contributed by atoms with Crippen LogP contribution in [0.15, 0.2) is 0 Å². The average molecular weight is 222 g/mol. The fourth-order valence-electron chi connectivity index (χ4n) is 0.0583. The van der Waals surface area contributed by atoms with E-state index in [0.717, 1.165) is 4.31 Å². The smallest absolute Gasteiger partial charge is 0.195 e. The molecule has 0 aromatic rings. The van der Waals surface area contributed by atoms with E-state index in [1.165, 1.54) is 7.05 Å². The van der Waals surface area contributed by atoms with Crippen LogP contribution in [0.5, 0.6) is 0 Å². The van der Waals surface area contributed by atoms with Crippen LogP contribution in [0.4, 0.5) is 0 Å². The van der Waals surface area contributed by atoms with E-state index in [2.05, 4.69) is 15.9 Å². The maximum atomic E-state index is 10.2. The third-order valence-electron chi connectivity index (χ3n) is 0.541. The molecule has 0 N–H and O–H groups in total. The highest BCUT2D eigenvalue weighted by Gasteiger charge is 2.09. The van der Waals surface area contributed by atoms with E-state index in [1.807, 2.05) is 0 Å². The number of nitrogens with zero attached hydrogens (tertiary/aromatic N) is 1. The summed E-state index contributed by atoms with van der Waals surface area (Å²) in [7, 11) is 2.73. The van der Waals surface area contributed by atoms with Crippen LogP contribution in [0.1, 0.15) is 0 Å². The summed E-state index contributed by atoms with van der Waals surface area (Å²) >= 11 is 2.91.